The number of halogens is 1. The Morgan fingerprint density at radius 1 is 1.50 bits per heavy atom. The maximum atomic E-state index is 12.7. The van der Waals surface area contributed by atoms with Crippen LogP contribution in [0.15, 0.2) is 18.2 Å². The van der Waals surface area contributed by atoms with E-state index in [9.17, 15) is 14.9 Å². The summed E-state index contributed by atoms with van der Waals surface area (Å²) >= 11 is 5.87. The predicted octanol–water partition coefficient (Wildman–Crippen LogP) is 3.65. The van der Waals surface area contributed by atoms with Gasteiger partial charge in [0.05, 0.1) is 4.92 Å². The van der Waals surface area contributed by atoms with Gasteiger partial charge in [-0.05, 0) is 38.3 Å². The smallest absolute Gasteiger partial charge is 0.300 e. The number of benzene rings is 1. The Balaban J connectivity index is 2.43. The minimum atomic E-state index is -0.586. The molecular weight excluding hydrogens is 280 g/mol. The van der Waals surface area contributed by atoms with Crippen LogP contribution < -0.4 is 0 Å². The van der Waals surface area contributed by atoms with Crippen molar-refractivity contribution >= 4 is 23.2 Å². The molecule has 0 spiro atoms. The van der Waals surface area contributed by atoms with E-state index in [1.54, 1.807) is 11.0 Å². The first-order valence-electron chi connectivity index (χ1n) is 6.73. The number of likely N-dealkylation sites (tertiary alicyclic amines) is 1. The van der Waals surface area contributed by atoms with E-state index >= 15 is 0 Å². The normalized spacial score (nSPS) is 22.1. The Bertz CT molecular complexity index is 547. The van der Waals surface area contributed by atoms with Crippen LogP contribution in [0, 0.1) is 10.1 Å². The topological polar surface area (TPSA) is 63.5 Å². The lowest BCUT2D eigenvalue weighted by Crippen LogP contribution is -2.39. The van der Waals surface area contributed by atoms with Crippen molar-refractivity contribution in [3.8, 4) is 0 Å². The average molecular weight is 297 g/mol. The van der Waals surface area contributed by atoms with Crippen LogP contribution in [0.4, 0.5) is 5.69 Å². The Kier molecular flexibility index (Phi) is 4.28. The van der Waals surface area contributed by atoms with Crippen molar-refractivity contribution < 1.29 is 9.72 Å². The number of amides is 1. The van der Waals surface area contributed by atoms with Gasteiger partial charge in [-0.2, -0.15) is 0 Å². The fraction of sp³-hybridized carbons (Fsp3) is 0.500. The van der Waals surface area contributed by atoms with Crippen molar-refractivity contribution in [2.75, 3.05) is 0 Å². The summed E-state index contributed by atoms with van der Waals surface area (Å²) in [4.78, 5) is 25.0. The third-order valence-corrected chi connectivity index (χ3v) is 4.20. The number of hydrogen-bond acceptors (Lipinski definition) is 3. The molecule has 1 fully saturated rings. The van der Waals surface area contributed by atoms with E-state index in [0.29, 0.717) is 0 Å². The van der Waals surface area contributed by atoms with E-state index < -0.39 is 4.92 Å². The molecule has 6 heteroatoms. The number of para-hydroxylation sites is 1. The highest BCUT2D eigenvalue weighted by molar-refractivity contribution is 6.33. The standard InChI is InChI=1S/C14H17ClN2O3/c1-3-10-8-7-9(2)16(10)14(18)11-5-4-6-12(15)13(11)17(19)20/h4-6,9-10H,3,7-8H2,1-2H3. The number of hydrogen-bond donors (Lipinski definition) is 0. The first kappa shape index (κ1) is 14.8. The number of nitro groups is 1. The van der Waals surface area contributed by atoms with E-state index in [1.807, 2.05) is 13.8 Å². The van der Waals surface area contributed by atoms with Gasteiger partial charge >= 0.3 is 5.69 Å². The van der Waals surface area contributed by atoms with E-state index in [4.69, 9.17) is 11.6 Å². The highest BCUT2D eigenvalue weighted by Gasteiger charge is 2.36. The first-order chi connectivity index (χ1) is 9.47. The summed E-state index contributed by atoms with van der Waals surface area (Å²) in [6.07, 6.45) is 2.72. The lowest BCUT2D eigenvalue weighted by molar-refractivity contribution is -0.385. The molecule has 5 nitrogen and oxygen atoms in total. The summed E-state index contributed by atoms with van der Waals surface area (Å²) in [7, 11) is 0. The molecule has 0 aliphatic carbocycles. The zero-order valence-corrected chi connectivity index (χ0v) is 12.3. The molecule has 0 bridgehead atoms. The van der Waals surface area contributed by atoms with Crippen LogP contribution in [0.1, 0.15) is 43.5 Å². The number of rotatable bonds is 3. The van der Waals surface area contributed by atoms with Gasteiger partial charge in [-0.25, -0.2) is 0 Å². The van der Waals surface area contributed by atoms with Crippen molar-refractivity contribution in [1.29, 1.82) is 0 Å². The minimum Gasteiger partial charge on any atom is -0.333 e. The number of nitro benzene ring substituents is 1. The molecule has 1 saturated heterocycles. The van der Waals surface area contributed by atoms with Gasteiger partial charge in [-0.1, -0.05) is 24.6 Å². The fourth-order valence-corrected chi connectivity index (χ4v) is 3.09. The van der Waals surface area contributed by atoms with Crippen LogP contribution in [-0.4, -0.2) is 27.8 Å². The third-order valence-electron chi connectivity index (χ3n) is 3.89. The third kappa shape index (κ3) is 2.50. The molecule has 2 unspecified atom stereocenters. The van der Waals surface area contributed by atoms with Crippen molar-refractivity contribution in [2.45, 2.75) is 45.2 Å². The Labute approximate surface area is 122 Å². The molecule has 0 aromatic heterocycles. The van der Waals surface area contributed by atoms with Crippen molar-refractivity contribution in [1.82, 2.24) is 4.90 Å². The highest BCUT2D eigenvalue weighted by atomic mass is 35.5. The van der Waals surface area contributed by atoms with Gasteiger partial charge in [0, 0.05) is 12.1 Å². The van der Waals surface area contributed by atoms with E-state index in [-0.39, 0.29) is 34.3 Å². The molecule has 1 heterocycles. The summed E-state index contributed by atoms with van der Waals surface area (Å²) in [6, 6.07) is 4.73. The van der Waals surface area contributed by atoms with Crippen LogP contribution in [-0.2, 0) is 0 Å². The van der Waals surface area contributed by atoms with Gasteiger partial charge in [0.1, 0.15) is 10.6 Å². The monoisotopic (exact) mass is 296 g/mol. The van der Waals surface area contributed by atoms with Crippen LogP contribution in [0.3, 0.4) is 0 Å². The summed E-state index contributed by atoms with van der Waals surface area (Å²) in [5, 5.41) is 11.1. The van der Waals surface area contributed by atoms with Gasteiger partial charge in [-0.15, -0.1) is 0 Å². The van der Waals surface area contributed by atoms with Gasteiger partial charge in [0.25, 0.3) is 5.91 Å². The quantitative estimate of drug-likeness (QED) is 0.632. The molecule has 2 rings (SSSR count). The Hall–Kier alpha value is -1.62. The van der Waals surface area contributed by atoms with Crippen LogP contribution in [0.25, 0.3) is 0 Å². The number of nitrogens with zero attached hydrogens (tertiary/aromatic N) is 2. The molecule has 2 atom stereocenters. The van der Waals surface area contributed by atoms with Crippen molar-refractivity contribution in [2.24, 2.45) is 0 Å². The molecule has 0 N–H and O–H groups in total. The van der Waals surface area contributed by atoms with E-state index in [0.717, 1.165) is 19.3 Å². The zero-order valence-electron chi connectivity index (χ0n) is 11.5. The Morgan fingerprint density at radius 3 is 2.80 bits per heavy atom. The summed E-state index contributed by atoms with van der Waals surface area (Å²) in [6.45, 7) is 4.00. The molecule has 1 aliphatic rings. The van der Waals surface area contributed by atoms with E-state index in [1.165, 1.54) is 12.1 Å². The Morgan fingerprint density at radius 2 is 2.20 bits per heavy atom. The molecule has 1 aromatic rings. The molecule has 108 valence electrons. The van der Waals surface area contributed by atoms with Gasteiger partial charge in [0.15, 0.2) is 0 Å². The predicted molar refractivity (Wildman–Crippen MR) is 77.1 cm³/mol. The molecule has 1 amide bonds. The second kappa shape index (κ2) is 5.79. The van der Waals surface area contributed by atoms with Gasteiger partial charge in [-0.3, -0.25) is 14.9 Å². The first-order valence-corrected chi connectivity index (χ1v) is 7.10. The summed E-state index contributed by atoms with van der Waals surface area (Å²) in [5.74, 6) is -0.295. The van der Waals surface area contributed by atoms with Gasteiger partial charge < -0.3 is 4.90 Å². The average Bonchev–Trinajstić information content (AvgIpc) is 2.78. The van der Waals surface area contributed by atoms with Gasteiger partial charge in [0.2, 0.25) is 0 Å². The van der Waals surface area contributed by atoms with Crippen molar-refractivity contribution in [3.63, 3.8) is 0 Å². The second-order valence-electron chi connectivity index (χ2n) is 5.09. The SMILES string of the molecule is CCC1CCC(C)N1C(=O)c1cccc(Cl)c1[N+](=O)[O-]. The molecule has 20 heavy (non-hydrogen) atoms. The maximum Gasteiger partial charge on any atom is 0.300 e. The maximum absolute atomic E-state index is 12.7. The largest absolute Gasteiger partial charge is 0.333 e. The zero-order chi connectivity index (χ0) is 14.9. The van der Waals surface area contributed by atoms with Crippen LogP contribution in [0.5, 0.6) is 0 Å². The molecule has 1 aliphatic heterocycles. The van der Waals surface area contributed by atoms with Crippen LogP contribution in [0.2, 0.25) is 5.02 Å². The minimum absolute atomic E-state index is 0.000693. The summed E-state index contributed by atoms with van der Waals surface area (Å²) < 4.78 is 0. The molecule has 1 aromatic carbocycles. The summed E-state index contributed by atoms with van der Waals surface area (Å²) in [5.41, 5.74) is -0.220. The van der Waals surface area contributed by atoms with E-state index in [2.05, 4.69) is 0 Å². The molecule has 0 radical (unpaired) electrons. The second-order valence-corrected chi connectivity index (χ2v) is 5.50. The lowest BCUT2D eigenvalue weighted by Gasteiger charge is -2.28. The molecular formula is C14H17ClN2O3. The number of carbonyl (C=O) groups is 1. The number of carbonyl (C=O) groups excluding carboxylic acids is 1. The van der Waals surface area contributed by atoms with Crippen molar-refractivity contribution in [3.05, 3.63) is 38.9 Å². The lowest BCUT2D eigenvalue weighted by atomic mass is 10.1. The fourth-order valence-electron chi connectivity index (χ4n) is 2.85. The highest BCUT2D eigenvalue weighted by Crippen LogP contribution is 2.33. The molecule has 0 saturated carbocycles. The van der Waals surface area contributed by atoms with Crippen LogP contribution >= 0.6 is 11.6 Å².